The molecule has 100 valence electrons. The van der Waals surface area contributed by atoms with Gasteiger partial charge in [0.2, 0.25) is 0 Å². The van der Waals surface area contributed by atoms with Gasteiger partial charge in [0.15, 0.2) is 5.78 Å². The summed E-state index contributed by atoms with van der Waals surface area (Å²) in [6, 6.07) is 7.70. The molecule has 0 unspecified atom stereocenters. The van der Waals surface area contributed by atoms with Crippen LogP contribution in [0.1, 0.15) is 32.8 Å². The molecule has 3 atom stereocenters. The molecule has 2 bridgehead atoms. The predicted molar refractivity (Wildman–Crippen MR) is 79.0 cm³/mol. The highest BCUT2D eigenvalue weighted by atomic mass is 35.5. The molecule has 3 aliphatic carbocycles. The number of benzene rings is 1. The lowest BCUT2D eigenvalue weighted by molar-refractivity contribution is -0.139. The number of Topliss-reactive ketones (excluding diaryl/α,β-unsaturated/α-hetero) is 1. The van der Waals surface area contributed by atoms with E-state index in [9.17, 15) is 4.79 Å². The van der Waals surface area contributed by atoms with Crippen LogP contribution < -0.4 is 0 Å². The van der Waals surface area contributed by atoms with Crippen molar-refractivity contribution in [3.05, 3.63) is 40.4 Å². The lowest BCUT2D eigenvalue weighted by Crippen LogP contribution is -2.56. The Morgan fingerprint density at radius 1 is 1.26 bits per heavy atom. The summed E-state index contributed by atoms with van der Waals surface area (Å²) in [7, 11) is 0. The van der Waals surface area contributed by atoms with Crippen LogP contribution >= 0.6 is 11.6 Å². The summed E-state index contributed by atoms with van der Waals surface area (Å²) in [6.07, 6.45) is 3.23. The van der Waals surface area contributed by atoms with Crippen LogP contribution in [0.4, 0.5) is 0 Å². The van der Waals surface area contributed by atoms with E-state index >= 15 is 0 Å². The minimum Gasteiger partial charge on any atom is -0.294 e. The zero-order valence-corrected chi connectivity index (χ0v) is 12.4. The number of hydrogen-bond acceptors (Lipinski definition) is 1. The minimum atomic E-state index is 0.165. The van der Waals surface area contributed by atoms with E-state index in [4.69, 9.17) is 11.6 Å². The van der Waals surface area contributed by atoms with Crippen molar-refractivity contribution < 1.29 is 4.79 Å². The fraction of sp³-hybridized carbons (Fsp3) is 0.471. The van der Waals surface area contributed by atoms with E-state index < -0.39 is 0 Å². The van der Waals surface area contributed by atoms with Crippen LogP contribution in [0.5, 0.6) is 0 Å². The van der Waals surface area contributed by atoms with E-state index in [1.54, 1.807) is 0 Å². The molecule has 0 saturated heterocycles. The van der Waals surface area contributed by atoms with Crippen LogP contribution in [0.3, 0.4) is 0 Å². The molecule has 3 saturated carbocycles. The van der Waals surface area contributed by atoms with Gasteiger partial charge < -0.3 is 0 Å². The van der Waals surface area contributed by atoms with Gasteiger partial charge in [-0.05, 0) is 53.0 Å². The van der Waals surface area contributed by atoms with Gasteiger partial charge in [-0.15, -0.1) is 0 Å². The van der Waals surface area contributed by atoms with Crippen LogP contribution in [0.25, 0.3) is 6.08 Å². The predicted octanol–water partition coefficient (Wildman–Crippen LogP) is 4.60. The lowest BCUT2D eigenvalue weighted by atomic mass is 9.44. The zero-order chi connectivity index (χ0) is 13.8. The number of rotatable bonds is 1. The van der Waals surface area contributed by atoms with Crippen molar-refractivity contribution in [2.45, 2.75) is 27.2 Å². The van der Waals surface area contributed by atoms with Crippen molar-refractivity contribution in [3.8, 4) is 0 Å². The normalized spacial score (nSPS) is 34.2. The van der Waals surface area contributed by atoms with Crippen LogP contribution in [0, 0.1) is 23.2 Å². The van der Waals surface area contributed by atoms with Gasteiger partial charge >= 0.3 is 0 Å². The Labute approximate surface area is 119 Å². The lowest BCUT2D eigenvalue weighted by Gasteiger charge is -2.59. The number of hydrogen-bond donors (Lipinski definition) is 0. The molecule has 2 heteroatoms. The van der Waals surface area contributed by atoms with Gasteiger partial charge in [-0.3, -0.25) is 4.79 Å². The Bertz CT molecular complexity index is 553. The number of halogens is 1. The maximum atomic E-state index is 12.4. The molecular weight excluding hydrogens is 256 g/mol. The second-order valence-corrected chi connectivity index (χ2v) is 6.96. The van der Waals surface area contributed by atoms with Crippen molar-refractivity contribution >= 4 is 23.5 Å². The van der Waals surface area contributed by atoms with Crippen LogP contribution in [-0.4, -0.2) is 5.78 Å². The van der Waals surface area contributed by atoms with Gasteiger partial charge in [0.1, 0.15) is 0 Å². The standard InChI is InChI=1S/C17H19ClO/c1-10-14-9-15(17(14,2)3)13(16(10)19)8-11-4-6-12(18)7-5-11/h4-8,10,14-15H,9H2,1-3H3/t10-,14-,15+/m0/s1. The number of allylic oxidation sites excluding steroid dienone is 1. The molecule has 0 radical (unpaired) electrons. The Hall–Kier alpha value is -1.08. The van der Waals surface area contributed by atoms with E-state index in [-0.39, 0.29) is 11.3 Å². The second kappa shape index (κ2) is 4.21. The van der Waals surface area contributed by atoms with Gasteiger partial charge in [0, 0.05) is 10.9 Å². The Balaban J connectivity index is 1.99. The van der Waals surface area contributed by atoms with Crippen LogP contribution in [0.15, 0.2) is 29.8 Å². The largest absolute Gasteiger partial charge is 0.294 e. The summed E-state index contributed by atoms with van der Waals surface area (Å²) < 4.78 is 0. The van der Waals surface area contributed by atoms with Crippen LogP contribution in [-0.2, 0) is 4.79 Å². The van der Waals surface area contributed by atoms with Gasteiger partial charge in [-0.2, -0.15) is 0 Å². The highest BCUT2D eigenvalue weighted by molar-refractivity contribution is 6.30. The first-order chi connectivity index (χ1) is 8.91. The van der Waals surface area contributed by atoms with E-state index in [0.29, 0.717) is 17.6 Å². The fourth-order valence-corrected chi connectivity index (χ4v) is 3.99. The maximum Gasteiger partial charge on any atom is 0.162 e. The topological polar surface area (TPSA) is 17.1 Å². The summed E-state index contributed by atoms with van der Waals surface area (Å²) in [5.41, 5.74) is 2.36. The molecule has 0 heterocycles. The average molecular weight is 275 g/mol. The quantitative estimate of drug-likeness (QED) is 0.684. The monoisotopic (exact) mass is 274 g/mol. The SMILES string of the molecule is C[C@@H]1C(=O)C(=Cc2ccc(Cl)cc2)[C@H]2C[C@@H]1C2(C)C. The van der Waals surface area contributed by atoms with E-state index in [0.717, 1.165) is 16.2 Å². The third-order valence-electron chi connectivity index (χ3n) is 5.21. The van der Waals surface area contributed by atoms with Gasteiger partial charge in [0.05, 0.1) is 0 Å². The van der Waals surface area contributed by atoms with Gasteiger partial charge in [-0.1, -0.05) is 44.5 Å². The summed E-state index contributed by atoms with van der Waals surface area (Å²) in [5, 5.41) is 0.731. The second-order valence-electron chi connectivity index (χ2n) is 6.52. The average Bonchev–Trinajstić information content (AvgIpc) is 2.36. The van der Waals surface area contributed by atoms with Crippen LogP contribution in [0.2, 0.25) is 5.02 Å². The third kappa shape index (κ3) is 1.87. The van der Waals surface area contributed by atoms with Crippen molar-refractivity contribution in [1.29, 1.82) is 0 Å². The minimum absolute atomic E-state index is 0.165. The van der Waals surface area contributed by atoms with E-state index in [2.05, 4.69) is 26.8 Å². The molecule has 19 heavy (non-hydrogen) atoms. The summed E-state index contributed by atoms with van der Waals surface area (Å²) in [6.45, 7) is 6.68. The smallest absolute Gasteiger partial charge is 0.162 e. The molecule has 0 spiro atoms. The van der Waals surface area contributed by atoms with Crippen molar-refractivity contribution in [2.75, 3.05) is 0 Å². The molecule has 0 amide bonds. The molecular formula is C17H19ClO. The summed E-state index contributed by atoms with van der Waals surface area (Å²) in [5.74, 6) is 1.50. The highest BCUT2D eigenvalue weighted by Gasteiger charge is 2.58. The number of ketones is 1. The Kier molecular flexibility index (Phi) is 2.86. The molecule has 4 rings (SSSR count). The maximum absolute atomic E-state index is 12.4. The molecule has 3 fully saturated rings. The molecule has 1 aromatic carbocycles. The zero-order valence-electron chi connectivity index (χ0n) is 11.6. The van der Waals surface area contributed by atoms with Gasteiger partial charge in [0.25, 0.3) is 0 Å². The molecule has 1 nitrogen and oxygen atoms in total. The first kappa shape index (κ1) is 12.9. The summed E-state index contributed by atoms with van der Waals surface area (Å²) in [4.78, 5) is 12.4. The van der Waals surface area contributed by atoms with Crippen molar-refractivity contribution in [3.63, 3.8) is 0 Å². The third-order valence-corrected chi connectivity index (χ3v) is 5.46. The van der Waals surface area contributed by atoms with Gasteiger partial charge in [-0.25, -0.2) is 0 Å². The summed E-state index contributed by atoms with van der Waals surface area (Å²) >= 11 is 5.90. The molecule has 1 aromatic rings. The number of carbonyl (C=O) groups is 1. The van der Waals surface area contributed by atoms with Crippen molar-refractivity contribution in [1.82, 2.24) is 0 Å². The van der Waals surface area contributed by atoms with E-state index in [1.165, 1.54) is 6.42 Å². The Morgan fingerprint density at radius 3 is 2.47 bits per heavy atom. The van der Waals surface area contributed by atoms with Crippen molar-refractivity contribution in [2.24, 2.45) is 23.2 Å². The first-order valence-electron chi connectivity index (χ1n) is 6.92. The Morgan fingerprint density at radius 2 is 1.89 bits per heavy atom. The van der Waals surface area contributed by atoms with E-state index in [1.807, 2.05) is 24.3 Å². The highest BCUT2D eigenvalue weighted by Crippen LogP contribution is 2.62. The first-order valence-corrected chi connectivity index (χ1v) is 7.30. The number of carbonyl (C=O) groups excluding carboxylic acids is 1. The molecule has 0 N–H and O–H groups in total. The molecule has 0 aromatic heterocycles. The fourth-order valence-electron chi connectivity index (χ4n) is 3.86. The number of fused-ring (bicyclic) bond motifs is 2. The molecule has 3 aliphatic rings. The molecule has 0 aliphatic heterocycles.